The average Bonchev–Trinajstić information content (AvgIpc) is 3.20. The van der Waals surface area contributed by atoms with Gasteiger partial charge in [-0.3, -0.25) is 0 Å². The third-order valence-electron chi connectivity index (χ3n) is 4.20. The highest BCUT2D eigenvalue weighted by Crippen LogP contribution is 2.66. The van der Waals surface area contributed by atoms with Crippen molar-refractivity contribution in [2.24, 2.45) is 0 Å². The Balaban J connectivity index is 2.07. The Morgan fingerprint density at radius 3 is 1.37 bits per heavy atom. The predicted octanol–water partition coefficient (Wildman–Crippen LogP) is 3.47. The zero-order valence-corrected chi connectivity index (χ0v) is 11.3. The van der Waals surface area contributed by atoms with Crippen LogP contribution in [0.25, 0.3) is 0 Å². The van der Waals surface area contributed by atoms with Gasteiger partial charge in [-0.1, -0.05) is 60.7 Å². The van der Waals surface area contributed by atoms with Gasteiger partial charge >= 0.3 is 0 Å². The summed E-state index contributed by atoms with van der Waals surface area (Å²) in [6.07, 6.45) is 0.848. The minimum atomic E-state index is -0.371. The summed E-state index contributed by atoms with van der Waals surface area (Å²) in [5.41, 5.74) is 1.60. The molecule has 1 aliphatic carbocycles. The van der Waals surface area contributed by atoms with E-state index >= 15 is 0 Å². The van der Waals surface area contributed by atoms with E-state index in [9.17, 15) is 0 Å². The molecule has 0 aliphatic heterocycles. The van der Waals surface area contributed by atoms with Crippen LogP contribution in [0.2, 0.25) is 0 Å². The molecule has 0 amide bonds. The Labute approximate surface area is 114 Å². The molecule has 0 heterocycles. The summed E-state index contributed by atoms with van der Waals surface area (Å²) in [5.74, 6) is 0. The molecule has 2 aromatic rings. The van der Waals surface area contributed by atoms with Crippen molar-refractivity contribution in [3.05, 3.63) is 71.8 Å². The van der Waals surface area contributed by atoms with E-state index in [-0.39, 0.29) is 11.2 Å². The average molecular weight is 254 g/mol. The highest BCUT2D eigenvalue weighted by atomic mass is 16.6. The van der Waals surface area contributed by atoms with Crippen molar-refractivity contribution in [1.82, 2.24) is 0 Å². The number of hydrogen-bond donors (Lipinski definition) is 0. The second-order valence-corrected chi connectivity index (χ2v) is 4.97. The SMILES string of the molecule is CO[C@]1(c2ccccc2)C[C@@]1(OC)c1ccccc1. The van der Waals surface area contributed by atoms with E-state index in [0.717, 1.165) is 6.42 Å². The third-order valence-corrected chi connectivity index (χ3v) is 4.20. The molecule has 0 bridgehead atoms. The molecule has 0 unspecified atom stereocenters. The van der Waals surface area contributed by atoms with E-state index in [1.165, 1.54) is 11.1 Å². The van der Waals surface area contributed by atoms with Crippen molar-refractivity contribution in [2.45, 2.75) is 17.6 Å². The molecular weight excluding hydrogens is 236 g/mol. The standard InChI is InChI=1S/C17H18O2/c1-18-16(14-9-5-3-6-10-14)13-17(16,19-2)15-11-7-4-8-12-15/h3-12H,13H2,1-2H3/t16-,17+. The van der Waals surface area contributed by atoms with Crippen LogP contribution >= 0.6 is 0 Å². The summed E-state index contributed by atoms with van der Waals surface area (Å²) >= 11 is 0. The van der Waals surface area contributed by atoms with Gasteiger partial charge < -0.3 is 9.47 Å². The summed E-state index contributed by atoms with van der Waals surface area (Å²) in [4.78, 5) is 0. The van der Waals surface area contributed by atoms with Crippen LogP contribution < -0.4 is 0 Å². The lowest BCUT2D eigenvalue weighted by Crippen LogP contribution is -2.26. The van der Waals surface area contributed by atoms with Gasteiger partial charge in [-0.05, 0) is 11.1 Å². The van der Waals surface area contributed by atoms with Gasteiger partial charge in [0.2, 0.25) is 0 Å². The summed E-state index contributed by atoms with van der Waals surface area (Å²) < 4.78 is 11.7. The number of hydrogen-bond acceptors (Lipinski definition) is 2. The predicted molar refractivity (Wildman–Crippen MR) is 74.9 cm³/mol. The second kappa shape index (κ2) is 4.48. The van der Waals surface area contributed by atoms with E-state index in [2.05, 4.69) is 24.3 Å². The van der Waals surface area contributed by atoms with Crippen LogP contribution in [0, 0.1) is 0 Å². The Morgan fingerprint density at radius 1 is 0.684 bits per heavy atom. The van der Waals surface area contributed by atoms with Crippen molar-refractivity contribution in [1.29, 1.82) is 0 Å². The molecule has 0 saturated heterocycles. The van der Waals surface area contributed by atoms with Crippen LogP contribution in [0.4, 0.5) is 0 Å². The van der Waals surface area contributed by atoms with Crippen LogP contribution in [0.5, 0.6) is 0 Å². The Morgan fingerprint density at radius 2 is 1.05 bits per heavy atom. The maximum atomic E-state index is 5.87. The summed E-state index contributed by atoms with van der Waals surface area (Å²) in [6, 6.07) is 20.6. The second-order valence-electron chi connectivity index (χ2n) is 4.97. The molecule has 2 heteroatoms. The highest BCUT2D eigenvalue weighted by Gasteiger charge is 2.71. The minimum Gasteiger partial charge on any atom is -0.370 e. The van der Waals surface area contributed by atoms with E-state index in [4.69, 9.17) is 9.47 Å². The normalized spacial score (nSPS) is 29.2. The maximum Gasteiger partial charge on any atom is 0.129 e. The molecule has 3 rings (SSSR count). The molecule has 0 spiro atoms. The Hall–Kier alpha value is -1.64. The first-order chi connectivity index (χ1) is 9.29. The summed E-state index contributed by atoms with van der Waals surface area (Å²) in [6.45, 7) is 0. The monoisotopic (exact) mass is 254 g/mol. The molecule has 19 heavy (non-hydrogen) atoms. The van der Waals surface area contributed by atoms with E-state index in [1.807, 2.05) is 36.4 Å². The van der Waals surface area contributed by atoms with Crippen LogP contribution in [0.3, 0.4) is 0 Å². The minimum absolute atomic E-state index is 0.371. The van der Waals surface area contributed by atoms with Crippen molar-refractivity contribution >= 4 is 0 Å². The van der Waals surface area contributed by atoms with Crippen molar-refractivity contribution in [3.8, 4) is 0 Å². The quantitative estimate of drug-likeness (QED) is 0.831. The molecule has 2 nitrogen and oxygen atoms in total. The molecule has 1 saturated carbocycles. The fourth-order valence-corrected chi connectivity index (χ4v) is 3.10. The molecule has 1 fully saturated rings. The fraction of sp³-hybridized carbons (Fsp3) is 0.294. The van der Waals surface area contributed by atoms with Gasteiger partial charge in [0.15, 0.2) is 0 Å². The third kappa shape index (κ3) is 1.64. The topological polar surface area (TPSA) is 18.5 Å². The van der Waals surface area contributed by atoms with Crippen LogP contribution in [-0.4, -0.2) is 14.2 Å². The number of rotatable bonds is 4. The molecule has 2 atom stereocenters. The van der Waals surface area contributed by atoms with Gasteiger partial charge in [0.25, 0.3) is 0 Å². The van der Waals surface area contributed by atoms with Crippen LogP contribution in [-0.2, 0) is 20.7 Å². The lowest BCUT2D eigenvalue weighted by molar-refractivity contribution is -0.0416. The van der Waals surface area contributed by atoms with Crippen LogP contribution in [0.15, 0.2) is 60.7 Å². The lowest BCUT2D eigenvalue weighted by Gasteiger charge is -2.24. The Bertz CT molecular complexity index is 500. The number of methoxy groups -OCH3 is 2. The maximum absolute atomic E-state index is 5.87. The highest BCUT2D eigenvalue weighted by molar-refractivity contribution is 5.44. The summed E-state index contributed by atoms with van der Waals surface area (Å²) in [5, 5.41) is 0. The zero-order valence-electron chi connectivity index (χ0n) is 11.3. The first-order valence-corrected chi connectivity index (χ1v) is 6.50. The number of ether oxygens (including phenoxy) is 2. The first kappa shape index (κ1) is 12.4. The van der Waals surface area contributed by atoms with E-state index < -0.39 is 0 Å². The first-order valence-electron chi connectivity index (χ1n) is 6.50. The molecule has 2 aromatic carbocycles. The van der Waals surface area contributed by atoms with Crippen molar-refractivity contribution in [2.75, 3.05) is 14.2 Å². The summed E-state index contributed by atoms with van der Waals surface area (Å²) in [7, 11) is 3.52. The van der Waals surface area contributed by atoms with Crippen molar-refractivity contribution in [3.63, 3.8) is 0 Å². The molecule has 98 valence electrons. The number of benzene rings is 2. The van der Waals surface area contributed by atoms with Gasteiger partial charge in [0.1, 0.15) is 11.2 Å². The molecule has 0 radical (unpaired) electrons. The molecule has 0 N–H and O–H groups in total. The molecule has 0 aromatic heterocycles. The molecular formula is C17H18O2. The van der Waals surface area contributed by atoms with Crippen molar-refractivity contribution < 1.29 is 9.47 Å². The van der Waals surface area contributed by atoms with Gasteiger partial charge in [0.05, 0.1) is 0 Å². The largest absolute Gasteiger partial charge is 0.370 e. The lowest BCUT2D eigenvalue weighted by atomic mass is 9.98. The van der Waals surface area contributed by atoms with E-state index in [1.54, 1.807) is 14.2 Å². The van der Waals surface area contributed by atoms with Gasteiger partial charge in [-0.15, -0.1) is 0 Å². The Kier molecular flexibility index (Phi) is 2.92. The van der Waals surface area contributed by atoms with Gasteiger partial charge in [0, 0.05) is 20.6 Å². The smallest absolute Gasteiger partial charge is 0.129 e. The fourth-order valence-electron chi connectivity index (χ4n) is 3.10. The van der Waals surface area contributed by atoms with E-state index in [0.29, 0.717) is 0 Å². The zero-order chi connectivity index (χ0) is 13.3. The van der Waals surface area contributed by atoms with Gasteiger partial charge in [-0.2, -0.15) is 0 Å². The molecule has 1 aliphatic rings. The van der Waals surface area contributed by atoms with Crippen LogP contribution in [0.1, 0.15) is 17.5 Å². The van der Waals surface area contributed by atoms with Gasteiger partial charge in [-0.25, -0.2) is 0 Å².